The molecule has 2 aromatic rings. The number of benzene rings is 2. The maximum absolute atomic E-state index is 13.5. The van der Waals surface area contributed by atoms with E-state index in [0.29, 0.717) is 24.5 Å². The van der Waals surface area contributed by atoms with Gasteiger partial charge in [0, 0.05) is 31.2 Å². The number of β-amino-alcohol motifs (C(OH)–C–C–N with tert-alkyl or cyclic N) is 1. The van der Waals surface area contributed by atoms with E-state index in [-0.39, 0.29) is 24.0 Å². The molecule has 2 atom stereocenters. The molecule has 0 radical (unpaired) electrons. The summed E-state index contributed by atoms with van der Waals surface area (Å²) in [5.41, 5.74) is 2.11. The van der Waals surface area contributed by atoms with E-state index in [2.05, 4.69) is 9.62 Å². The topological polar surface area (TPSA) is 90.0 Å². The first-order chi connectivity index (χ1) is 14.8. The summed E-state index contributed by atoms with van der Waals surface area (Å²) in [6.07, 6.45) is 3.25. The summed E-state index contributed by atoms with van der Waals surface area (Å²) in [4.78, 5) is 17.5. The average Bonchev–Trinajstić information content (AvgIpc) is 3.49. The van der Waals surface area contributed by atoms with E-state index in [9.17, 15) is 18.3 Å². The second-order valence-corrected chi connectivity index (χ2v) is 10.3. The number of carbonyl (C=O) groups excluding carboxylic acids is 1. The third-order valence-corrected chi connectivity index (χ3v) is 6.37. The van der Waals surface area contributed by atoms with Gasteiger partial charge in [-0.25, -0.2) is 8.42 Å². The van der Waals surface area contributed by atoms with Gasteiger partial charge in [0.25, 0.3) is 0 Å². The molecule has 1 saturated heterocycles. The molecule has 2 aromatic carbocycles. The first kappa shape index (κ1) is 21.8. The number of likely N-dealkylation sites (tertiary alicyclic amines) is 1. The van der Waals surface area contributed by atoms with Crippen LogP contribution in [0.25, 0.3) is 0 Å². The number of sulfonamides is 1. The van der Waals surface area contributed by atoms with Gasteiger partial charge in [0.15, 0.2) is 0 Å². The number of amides is 1. The number of carbonyl (C=O) groups is 1. The van der Waals surface area contributed by atoms with Gasteiger partial charge in [0.2, 0.25) is 15.9 Å². The first-order valence-corrected chi connectivity index (χ1v) is 12.6. The van der Waals surface area contributed by atoms with Crippen molar-refractivity contribution in [3.05, 3.63) is 60.2 Å². The number of hydrogen-bond donors (Lipinski definition) is 2. The number of hydrogen-bond acceptors (Lipinski definition) is 5. The summed E-state index contributed by atoms with van der Waals surface area (Å²) in [5, 5.41) is 10.0. The highest BCUT2D eigenvalue weighted by Gasteiger charge is 2.39. The van der Waals surface area contributed by atoms with Gasteiger partial charge in [-0.3, -0.25) is 14.4 Å². The molecule has 0 unspecified atom stereocenters. The monoisotopic (exact) mass is 443 g/mol. The Balaban J connectivity index is 1.73. The maximum Gasteiger partial charge on any atom is 0.230 e. The van der Waals surface area contributed by atoms with Crippen LogP contribution in [0.2, 0.25) is 0 Å². The Bertz CT molecular complexity index is 1020. The summed E-state index contributed by atoms with van der Waals surface area (Å²) in [6.45, 7) is 1.97. The highest BCUT2D eigenvalue weighted by Crippen LogP contribution is 2.38. The number of nitrogens with one attached hydrogen (secondary N) is 1. The minimum absolute atomic E-state index is 0.00176. The lowest BCUT2D eigenvalue weighted by Gasteiger charge is -2.35. The van der Waals surface area contributed by atoms with Gasteiger partial charge in [0.05, 0.1) is 24.1 Å². The van der Waals surface area contributed by atoms with Gasteiger partial charge >= 0.3 is 0 Å². The minimum Gasteiger partial charge on any atom is -0.392 e. The third-order valence-electron chi connectivity index (χ3n) is 5.77. The van der Waals surface area contributed by atoms with Crippen LogP contribution in [0.3, 0.4) is 0 Å². The van der Waals surface area contributed by atoms with Crippen LogP contribution in [0.5, 0.6) is 0 Å². The molecule has 1 aliphatic heterocycles. The van der Waals surface area contributed by atoms with Gasteiger partial charge in [-0.2, -0.15) is 0 Å². The molecular weight excluding hydrogens is 414 g/mol. The third kappa shape index (κ3) is 5.64. The number of anilines is 2. The van der Waals surface area contributed by atoms with E-state index < -0.39 is 10.0 Å². The van der Waals surface area contributed by atoms with Crippen molar-refractivity contribution in [2.75, 3.05) is 35.5 Å². The standard InChI is InChI=1S/C23H29N3O4S/c1-31(29,30)24-19-8-5-9-20(14-19)26(23(28)18-10-11-18)22(17-6-3-2-4-7-17)16-25-13-12-21(27)15-25/h2-9,14,18,21-22,24,27H,10-13,15-16H2,1H3/t21-,22+/m0/s1. The molecule has 166 valence electrons. The van der Waals surface area contributed by atoms with Crippen molar-refractivity contribution in [1.29, 1.82) is 0 Å². The average molecular weight is 444 g/mol. The Labute approximate surface area is 183 Å². The second-order valence-electron chi connectivity index (χ2n) is 8.54. The Kier molecular flexibility index (Phi) is 6.31. The van der Waals surface area contributed by atoms with Gasteiger partial charge in [-0.1, -0.05) is 36.4 Å². The summed E-state index contributed by atoms with van der Waals surface area (Å²) in [7, 11) is -3.43. The Morgan fingerprint density at radius 1 is 1.16 bits per heavy atom. The molecule has 4 rings (SSSR count). The largest absolute Gasteiger partial charge is 0.392 e. The van der Waals surface area contributed by atoms with Crippen LogP contribution in [0.4, 0.5) is 11.4 Å². The molecule has 1 aliphatic carbocycles. The summed E-state index contributed by atoms with van der Waals surface area (Å²) in [6, 6.07) is 16.7. The highest BCUT2D eigenvalue weighted by molar-refractivity contribution is 7.92. The summed E-state index contributed by atoms with van der Waals surface area (Å²) >= 11 is 0. The fourth-order valence-corrected chi connectivity index (χ4v) is 4.71. The van der Waals surface area contributed by atoms with Crippen LogP contribution in [0.15, 0.2) is 54.6 Å². The quantitative estimate of drug-likeness (QED) is 0.655. The molecule has 7 nitrogen and oxygen atoms in total. The lowest BCUT2D eigenvalue weighted by molar-refractivity contribution is -0.120. The van der Waals surface area contributed by atoms with Crippen molar-refractivity contribution < 1.29 is 18.3 Å². The van der Waals surface area contributed by atoms with E-state index >= 15 is 0 Å². The van der Waals surface area contributed by atoms with Crippen molar-refractivity contribution in [1.82, 2.24) is 4.90 Å². The zero-order valence-electron chi connectivity index (χ0n) is 17.6. The van der Waals surface area contributed by atoms with Crippen LogP contribution < -0.4 is 9.62 Å². The maximum atomic E-state index is 13.5. The zero-order chi connectivity index (χ0) is 22.0. The van der Waals surface area contributed by atoms with E-state index in [4.69, 9.17) is 0 Å². The summed E-state index contributed by atoms with van der Waals surface area (Å²) < 4.78 is 26.0. The van der Waals surface area contributed by atoms with Gasteiger partial charge in [0.1, 0.15) is 0 Å². The molecule has 2 fully saturated rings. The van der Waals surface area contributed by atoms with E-state index in [0.717, 1.165) is 37.6 Å². The molecule has 8 heteroatoms. The van der Waals surface area contributed by atoms with Crippen molar-refractivity contribution in [3.63, 3.8) is 0 Å². The van der Waals surface area contributed by atoms with Crippen LogP contribution in [-0.4, -0.2) is 56.3 Å². The molecule has 2 N–H and O–H groups in total. The lowest BCUT2D eigenvalue weighted by Crippen LogP contribution is -2.42. The predicted octanol–water partition coefficient (Wildman–Crippen LogP) is 2.61. The fraction of sp³-hybridized carbons (Fsp3) is 0.435. The smallest absolute Gasteiger partial charge is 0.230 e. The number of aliphatic hydroxyl groups excluding tert-OH is 1. The van der Waals surface area contributed by atoms with Gasteiger partial charge in [-0.05, 0) is 43.0 Å². The second kappa shape index (κ2) is 8.98. The molecule has 0 spiro atoms. The molecule has 0 bridgehead atoms. The van der Waals surface area contributed by atoms with Crippen molar-refractivity contribution in [3.8, 4) is 0 Å². The number of aliphatic hydroxyl groups is 1. The molecule has 31 heavy (non-hydrogen) atoms. The SMILES string of the molecule is CS(=O)(=O)Nc1cccc(N(C(=O)C2CC2)[C@H](CN2CC[C@H](O)C2)c2ccccc2)c1. The van der Waals surface area contributed by atoms with Gasteiger partial charge < -0.3 is 10.0 Å². The Morgan fingerprint density at radius 2 is 1.90 bits per heavy atom. The fourth-order valence-electron chi connectivity index (χ4n) is 4.16. The highest BCUT2D eigenvalue weighted by atomic mass is 32.2. The Hall–Kier alpha value is -2.42. The van der Waals surface area contributed by atoms with Gasteiger partial charge in [-0.15, -0.1) is 0 Å². The molecule has 2 aliphatic rings. The number of nitrogens with zero attached hydrogens (tertiary/aromatic N) is 2. The van der Waals surface area contributed by atoms with E-state index in [1.54, 1.807) is 18.2 Å². The van der Waals surface area contributed by atoms with E-state index in [1.807, 2.05) is 41.3 Å². The van der Waals surface area contributed by atoms with Crippen molar-refractivity contribution in [2.24, 2.45) is 5.92 Å². The van der Waals surface area contributed by atoms with Crippen LogP contribution in [0.1, 0.15) is 30.9 Å². The molecule has 1 saturated carbocycles. The predicted molar refractivity (Wildman–Crippen MR) is 121 cm³/mol. The molecule has 1 amide bonds. The number of rotatable bonds is 8. The first-order valence-electron chi connectivity index (χ1n) is 10.7. The van der Waals surface area contributed by atoms with Crippen molar-refractivity contribution in [2.45, 2.75) is 31.4 Å². The molecular formula is C23H29N3O4S. The lowest BCUT2D eigenvalue weighted by atomic mass is 10.0. The molecule has 0 aromatic heterocycles. The van der Waals surface area contributed by atoms with E-state index in [1.165, 1.54) is 0 Å². The molecule has 1 heterocycles. The normalized spacial score (nSPS) is 20.4. The van der Waals surface area contributed by atoms with Crippen LogP contribution >= 0.6 is 0 Å². The summed E-state index contributed by atoms with van der Waals surface area (Å²) in [5.74, 6) is 0.0620. The van der Waals surface area contributed by atoms with Crippen molar-refractivity contribution >= 4 is 27.3 Å². The zero-order valence-corrected chi connectivity index (χ0v) is 18.5. The minimum atomic E-state index is -3.43. The Morgan fingerprint density at radius 3 is 2.52 bits per heavy atom. The van der Waals surface area contributed by atoms with Crippen LogP contribution in [-0.2, 0) is 14.8 Å². The van der Waals surface area contributed by atoms with Crippen LogP contribution in [0, 0.1) is 5.92 Å².